The maximum absolute atomic E-state index is 8.90. The SMILES string of the molecule is CCCNC1CCN(CCCCO)c2ccccc21. The van der Waals surface area contributed by atoms with E-state index in [0.717, 1.165) is 32.5 Å². The van der Waals surface area contributed by atoms with Crippen LogP contribution < -0.4 is 10.2 Å². The quantitative estimate of drug-likeness (QED) is 0.742. The Morgan fingerprint density at radius 3 is 2.95 bits per heavy atom. The lowest BCUT2D eigenvalue weighted by molar-refractivity contribution is 0.284. The van der Waals surface area contributed by atoms with Crippen molar-refractivity contribution in [3.05, 3.63) is 29.8 Å². The highest BCUT2D eigenvalue weighted by Crippen LogP contribution is 2.33. The lowest BCUT2D eigenvalue weighted by Gasteiger charge is -2.36. The molecule has 0 bridgehead atoms. The Bertz CT molecular complexity index is 381. The van der Waals surface area contributed by atoms with Crippen molar-refractivity contribution in [1.29, 1.82) is 0 Å². The summed E-state index contributed by atoms with van der Waals surface area (Å²) in [5.74, 6) is 0. The number of unbranched alkanes of at least 4 members (excludes halogenated alkanes) is 1. The largest absolute Gasteiger partial charge is 0.396 e. The van der Waals surface area contributed by atoms with Crippen LogP contribution in [0.25, 0.3) is 0 Å². The van der Waals surface area contributed by atoms with E-state index >= 15 is 0 Å². The average Bonchev–Trinajstić information content (AvgIpc) is 2.46. The number of rotatable bonds is 7. The minimum atomic E-state index is 0.302. The van der Waals surface area contributed by atoms with Gasteiger partial charge in [-0.1, -0.05) is 25.1 Å². The number of hydrogen-bond donors (Lipinski definition) is 2. The molecule has 0 saturated heterocycles. The first-order valence-corrected chi connectivity index (χ1v) is 7.55. The van der Waals surface area contributed by atoms with Crippen LogP contribution in [0.5, 0.6) is 0 Å². The smallest absolute Gasteiger partial charge is 0.0431 e. The van der Waals surface area contributed by atoms with Crippen molar-refractivity contribution in [2.45, 2.75) is 38.6 Å². The van der Waals surface area contributed by atoms with E-state index in [1.165, 1.54) is 24.1 Å². The molecule has 2 N–H and O–H groups in total. The molecule has 0 radical (unpaired) electrons. The number of aliphatic hydroxyl groups is 1. The highest BCUT2D eigenvalue weighted by Gasteiger charge is 2.23. The van der Waals surface area contributed by atoms with E-state index in [2.05, 4.69) is 41.4 Å². The molecule has 3 heteroatoms. The number of hydrogen-bond acceptors (Lipinski definition) is 3. The third kappa shape index (κ3) is 3.71. The van der Waals surface area contributed by atoms with E-state index in [4.69, 9.17) is 5.11 Å². The summed E-state index contributed by atoms with van der Waals surface area (Å²) in [4.78, 5) is 2.47. The van der Waals surface area contributed by atoms with Gasteiger partial charge in [0.15, 0.2) is 0 Å². The standard InChI is InChI=1S/C16H26N2O/c1-2-10-17-15-9-12-18(11-5-6-13-19)16-8-4-3-7-14(15)16/h3-4,7-8,15,17,19H,2,5-6,9-13H2,1H3. The molecule has 1 atom stereocenters. The third-order valence-corrected chi connectivity index (χ3v) is 3.82. The third-order valence-electron chi connectivity index (χ3n) is 3.82. The number of anilines is 1. The molecule has 0 saturated carbocycles. The van der Waals surface area contributed by atoms with Crippen LogP contribution in [0.2, 0.25) is 0 Å². The molecule has 1 aliphatic rings. The van der Waals surface area contributed by atoms with Gasteiger partial charge in [-0.15, -0.1) is 0 Å². The van der Waals surface area contributed by atoms with Gasteiger partial charge in [-0.25, -0.2) is 0 Å². The number of fused-ring (bicyclic) bond motifs is 1. The Kier molecular flexibility index (Phi) is 5.67. The van der Waals surface area contributed by atoms with E-state index in [-0.39, 0.29) is 0 Å². The zero-order chi connectivity index (χ0) is 13.5. The van der Waals surface area contributed by atoms with Gasteiger partial charge >= 0.3 is 0 Å². The Labute approximate surface area is 116 Å². The number of aliphatic hydroxyl groups excluding tert-OH is 1. The first-order chi connectivity index (χ1) is 9.36. The Hall–Kier alpha value is -1.06. The molecular formula is C16H26N2O. The van der Waals surface area contributed by atoms with Crippen LogP contribution in [-0.4, -0.2) is 31.3 Å². The van der Waals surface area contributed by atoms with E-state index in [1.54, 1.807) is 0 Å². The van der Waals surface area contributed by atoms with Gasteiger partial charge in [0.05, 0.1) is 0 Å². The summed E-state index contributed by atoms with van der Waals surface area (Å²) in [5, 5.41) is 12.6. The lowest BCUT2D eigenvalue weighted by atomic mass is 9.96. The van der Waals surface area contributed by atoms with Gasteiger partial charge in [0.25, 0.3) is 0 Å². The molecule has 0 amide bonds. The van der Waals surface area contributed by atoms with E-state index in [9.17, 15) is 0 Å². The van der Waals surface area contributed by atoms with E-state index < -0.39 is 0 Å². The van der Waals surface area contributed by atoms with Crippen molar-refractivity contribution in [3.63, 3.8) is 0 Å². The van der Waals surface area contributed by atoms with E-state index in [1.807, 2.05) is 0 Å². The van der Waals surface area contributed by atoms with Crippen molar-refractivity contribution in [2.24, 2.45) is 0 Å². The molecule has 1 aromatic rings. The van der Waals surface area contributed by atoms with Crippen LogP contribution in [0.3, 0.4) is 0 Å². The second-order valence-electron chi connectivity index (χ2n) is 5.27. The zero-order valence-electron chi connectivity index (χ0n) is 11.9. The minimum Gasteiger partial charge on any atom is -0.396 e. The predicted molar refractivity (Wildman–Crippen MR) is 80.6 cm³/mol. The van der Waals surface area contributed by atoms with Gasteiger partial charge in [0, 0.05) is 31.4 Å². The Morgan fingerprint density at radius 1 is 1.32 bits per heavy atom. The fourth-order valence-electron chi connectivity index (χ4n) is 2.81. The van der Waals surface area contributed by atoms with E-state index in [0.29, 0.717) is 12.6 Å². The molecule has 0 fully saturated rings. The first kappa shape index (κ1) is 14.4. The molecule has 1 heterocycles. The molecule has 1 aromatic carbocycles. The summed E-state index contributed by atoms with van der Waals surface area (Å²) >= 11 is 0. The van der Waals surface area contributed by atoms with Gasteiger partial charge in [-0.3, -0.25) is 0 Å². The Balaban J connectivity index is 2.05. The summed E-state index contributed by atoms with van der Waals surface area (Å²) in [5.41, 5.74) is 2.81. The van der Waals surface area contributed by atoms with Gasteiger partial charge in [0.1, 0.15) is 0 Å². The summed E-state index contributed by atoms with van der Waals surface area (Å²) in [7, 11) is 0. The summed E-state index contributed by atoms with van der Waals surface area (Å²) in [6, 6.07) is 9.25. The number of para-hydroxylation sites is 1. The van der Waals surface area contributed by atoms with Gasteiger partial charge in [0.2, 0.25) is 0 Å². The van der Waals surface area contributed by atoms with Gasteiger partial charge in [-0.05, 0) is 43.9 Å². The number of nitrogens with zero attached hydrogens (tertiary/aromatic N) is 1. The maximum Gasteiger partial charge on any atom is 0.0431 e. The molecule has 1 unspecified atom stereocenters. The van der Waals surface area contributed by atoms with Crippen molar-refractivity contribution in [3.8, 4) is 0 Å². The summed E-state index contributed by atoms with van der Waals surface area (Å²) < 4.78 is 0. The van der Waals surface area contributed by atoms with Gasteiger partial charge in [-0.2, -0.15) is 0 Å². The topological polar surface area (TPSA) is 35.5 Å². The average molecular weight is 262 g/mol. The van der Waals surface area contributed by atoms with Crippen LogP contribution in [0, 0.1) is 0 Å². The fourth-order valence-corrected chi connectivity index (χ4v) is 2.81. The Morgan fingerprint density at radius 2 is 2.16 bits per heavy atom. The summed E-state index contributed by atoms with van der Waals surface area (Å²) in [6.07, 6.45) is 4.32. The first-order valence-electron chi connectivity index (χ1n) is 7.55. The molecule has 1 aliphatic heterocycles. The second kappa shape index (κ2) is 7.51. The van der Waals surface area contributed by atoms with Gasteiger partial charge < -0.3 is 15.3 Å². The van der Waals surface area contributed by atoms with Crippen LogP contribution in [-0.2, 0) is 0 Å². The van der Waals surface area contributed by atoms with Crippen molar-refractivity contribution in [2.75, 3.05) is 31.1 Å². The highest BCUT2D eigenvalue weighted by molar-refractivity contribution is 5.56. The van der Waals surface area contributed by atoms with Crippen molar-refractivity contribution >= 4 is 5.69 Å². The van der Waals surface area contributed by atoms with Crippen molar-refractivity contribution < 1.29 is 5.11 Å². The summed E-state index contributed by atoms with van der Waals surface area (Å²) in [6.45, 7) is 5.77. The maximum atomic E-state index is 8.90. The monoisotopic (exact) mass is 262 g/mol. The minimum absolute atomic E-state index is 0.302. The van der Waals surface area contributed by atoms with Crippen LogP contribution in [0.4, 0.5) is 5.69 Å². The second-order valence-corrected chi connectivity index (χ2v) is 5.27. The lowest BCUT2D eigenvalue weighted by Crippen LogP contribution is -2.36. The molecule has 0 spiro atoms. The molecule has 2 rings (SSSR count). The molecule has 3 nitrogen and oxygen atoms in total. The normalized spacial score (nSPS) is 18.4. The predicted octanol–water partition coefficient (Wildman–Crippen LogP) is 2.71. The molecule has 0 aliphatic carbocycles. The van der Waals surface area contributed by atoms with Crippen molar-refractivity contribution in [1.82, 2.24) is 5.32 Å². The van der Waals surface area contributed by atoms with Crippen LogP contribution in [0.1, 0.15) is 44.2 Å². The molecular weight excluding hydrogens is 236 g/mol. The highest BCUT2D eigenvalue weighted by atomic mass is 16.2. The molecule has 19 heavy (non-hydrogen) atoms. The number of nitrogens with one attached hydrogen (secondary N) is 1. The fraction of sp³-hybridized carbons (Fsp3) is 0.625. The number of benzene rings is 1. The van der Waals surface area contributed by atoms with Crippen LogP contribution >= 0.6 is 0 Å². The molecule has 0 aromatic heterocycles. The van der Waals surface area contributed by atoms with Crippen LogP contribution in [0.15, 0.2) is 24.3 Å². The zero-order valence-corrected chi connectivity index (χ0v) is 11.9. The molecule has 106 valence electrons.